The molecule has 1 saturated heterocycles. The Balaban J connectivity index is 2.07. The molecule has 0 amide bonds. The maximum Gasteiger partial charge on any atom is 0.135 e. The molecule has 2 N–H and O–H groups in total. The smallest absolute Gasteiger partial charge is 0.135 e. The van der Waals surface area contributed by atoms with Gasteiger partial charge in [-0.1, -0.05) is 30.3 Å². The van der Waals surface area contributed by atoms with E-state index in [0.29, 0.717) is 19.4 Å². The van der Waals surface area contributed by atoms with Gasteiger partial charge in [0.2, 0.25) is 0 Å². The lowest BCUT2D eigenvalue weighted by molar-refractivity contribution is -0.121. The summed E-state index contributed by atoms with van der Waals surface area (Å²) in [4.78, 5) is 11.3. The van der Waals surface area contributed by atoms with Gasteiger partial charge in [0.05, 0.1) is 6.10 Å². The molecule has 0 bridgehead atoms. The van der Waals surface area contributed by atoms with Crippen molar-refractivity contribution >= 4 is 5.78 Å². The highest BCUT2D eigenvalue weighted by molar-refractivity contribution is 5.80. The molecule has 1 aromatic carbocycles. The summed E-state index contributed by atoms with van der Waals surface area (Å²) in [6, 6.07) is 9.33. The van der Waals surface area contributed by atoms with Gasteiger partial charge in [-0.15, -0.1) is 0 Å². The number of hydrogen-bond donors (Lipinski definition) is 2. The van der Waals surface area contributed by atoms with E-state index in [1.165, 1.54) is 0 Å². The Morgan fingerprint density at radius 1 is 1.33 bits per heavy atom. The van der Waals surface area contributed by atoms with Crippen LogP contribution in [0.2, 0.25) is 0 Å². The predicted octanol–water partition coefficient (Wildman–Crippen LogP) is 1.04. The zero-order chi connectivity index (χ0) is 10.7. The number of aliphatic hydroxyl groups is 1. The Bertz CT molecular complexity index is 337. The highest BCUT2D eigenvalue weighted by Crippen LogP contribution is 2.21. The summed E-state index contributed by atoms with van der Waals surface area (Å²) >= 11 is 0. The second-order valence-electron chi connectivity index (χ2n) is 3.91. The van der Waals surface area contributed by atoms with Crippen LogP contribution in [0.3, 0.4) is 0 Å². The van der Waals surface area contributed by atoms with Crippen LogP contribution in [0.25, 0.3) is 0 Å². The van der Waals surface area contributed by atoms with Crippen LogP contribution in [-0.4, -0.2) is 23.5 Å². The van der Waals surface area contributed by atoms with Gasteiger partial charge in [0.1, 0.15) is 5.78 Å². The number of carbonyl (C=O) groups is 1. The SMILES string of the molecule is O=C1CCNC(C(O)c2ccccc2)C1. The van der Waals surface area contributed by atoms with Gasteiger partial charge in [0, 0.05) is 25.4 Å². The fourth-order valence-electron chi connectivity index (χ4n) is 1.92. The van der Waals surface area contributed by atoms with Crippen molar-refractivity contribution in [3.05, 3.63) is 35.9 Å². The van der Waals surface area contributed by atoms with Crippen LogP contribution in [0.5, 0.6) is 0 Å². The third-order valence-electron chi connectivity index (χ3n) is 2.78. The number of aliphatic hydroxyl groups excluding tert-OH is 1. The summed E-state index contributed by atoms with van der Waals surface area (Å²) in [6.07, 6.45) is 0.420. The maximum absolute atomic E-state index is 11.3. The summed E-state index contributed by atoms with van der Waals surface area (Å²) in [5.74, 6) is 0.230. The van der Waals surface area contributed by atoms with Crippen molar-refractivity contribution < 1.29 is 9.90 Å². The van der Waals surface area contributed by atoms with Crippen molar-refractivity contribution in [1.29, 1.82) is 0 Å². The van der Waals surface area contributed by atoms with Gasteiger partial charge in [-0.25, -0.2) is 0 Å². The molecular weight excluding hydrogens is 190 g/mol. The van der Waals surface area contributed by atoms with Crippen LogP contribution in [0.1, 0.15) is 24.5 Å². The molecule has 2 unspecified atom stereocenters. The first kappa shape index (κ1) is 10.3. The van der Waals surface area contributed by atoms with E-state index in [0.717, 1.165) is 5.56 Å². The highest BCUT2D eigenvalue weighted by atomic mass is 16.3. The van der Waals surface area contributed by atoms with Crippen LogP contribution in [-0.2, 0) is 4.79 Å². The molecule has 15 heavy (non-hydrogen) atoms. The largest absolute Gasteiger partial charge is 0.387 e. The first-order valence-electron chi connectivity index (χ1n) is 5.25. The summed E-state index contributed by atoms with van der Waals surface area (Å²) in [6.45, 7) is 0.674. The van der Waals surface area contributed by atoms with E-state index in [9.17, 15) is 9.90 Å². The van der Waals surface area contributed by atoms with E-state index in [1.807, 2.05) is 30.3 Å². The topological polar surface area (TPSA) is 49.3 Å². The molecule has 3 nitrogen and oxygen atoms in total. The number of carbonyl (C=O) groups excluding carboxylic acids is 1. The number of benzene rings is 1. The normalized spacial score (nSPS) is 23.8. The molecule has 0 saturated carbocycles. The number of ketones is 1. The minimum atomic E-state index is -0.588. The summed E-state index contributed by atoms with van der Waals surface area (Å²) in [7, 11) is 0. The van der Waals surface area contributed by atoms with Crippen molar-refractivity contribution in [3.63, 3.8) is 0 Å². The fraction of sp³-hybridized carbons (Fsp3) is 0.417. The first-order chi connectivity index (χ1) is 7.27. The first-order valence-corrected chi connectivity index (χ1v) is 5.25. The van der Waals surface area contributed by atoms with Crippen molar-refractivity contribution in [2.75, 3.05) is 6.54 Å². The highest BCUT2D eigenvalue weighted by Gasteiger charge is 2.26. The maximum atomic E-state index is 11.3. The van der Waals surface area contributed by atoms with E-state index in [-0.39, 0.29) is 11.8 Å². The Hall–Kier alpha value is -1.19. The average Bonchev–Trinajstić information content (AvgIpc) is 2.29. The molecule has 1 aliphatic rings. The summed E-state index contributed by atoms with van der Waals surface area (Å²) in [5.41, 5.74) is 0.865. The number of Topliss-reactive ketones (excluding diaryl/α,β-unsaturated/α-hetero) is 1. The Morgan fingerprint density at radius 3 is 2.73 bits per heavy atom. The predicted molar refractivity (Wildman–Crippen MR) is 57.4 cm³/mol. The third-order valence-corrected chi connectivity index (χ3v) is 2.78. The molecule has 1 heterocycles. The van der Waals surface area contributed by atoms with Gasteiger partial charge in [0.15, 0.2) is 0 Å². The van der Waals surface area contributed by atoms with E-state index in [2.05, 4.69) is 5.32 Å². The Labute approximate surface area is 89.1 Å². The van der Waals surface area contributed by atoms with Crippen molar-refractivity contribution in [1.82, 2.24) is 5.32 Å². The number of nitrogens with one attached hydrogen (secondary N) is 1. The molecule has 1 aromatic rings. The molecule has 0 spiro atoms. The van der Waals surface area contributed by atoms with Gasteiger partial charge in [-0.05, 0) is 5.56 Å². The summed E-state index contributed by atoms with van der Waals surface area (Å²) < 4.78 is 0. The molecule has 1 aliphatic heterocycles. The molecular formula is C12H15NO2. The van der Waals surface area contributed by atoms with E-state index in [1.54, 1.807) is 0 Å². The van der Waals surface area contributed by atoms with Crippen LogP contribution < -0.4 is 5.32 Å². The molecule has 3 heteroatoms. The minimum Gasteiger partial charge on any atom is -0.387 e. The van der Waals surface area contributed by atoms with Crippen molar-refractivity contribution in [2.45, 2.75) is 25.0 Å². The lowest BCUT2D eigenvalue weighted by Crippen LogP contribution is -2.42. The average molecular weight is 205 g/mol. The number of hydrogen-bond acceptors (Lipinski definition) is 3. The van der Waals surface area contributed by atoms with Crippen molar-refractivity contribution in [3.8, 4) is 0 Å². The van der Waals surface area contributed by atoms with Gasteiger partial charge in [-0.2, -0.15) is 0 Å². The monoisotopic (exact) mass is 205 g/mol. The molecule has 2 atom stereocenters. The second-order valence-corrected chi connectivity index (χ2v) is 3.91. The van der Waals surface area contributed by atoms with E-state index in [4.69, 9.17) is 0 Å². The standard InChI is InChI=1S/C12H15NO2/c14-10-6-7-13-11(8-10)12(15)9-4-2-1-3-5-9/h1-5,11-13,15H,6-8H2. The lowest BCUT2D eigenvalue weighted by atomic mass is 9.94. The Morgan fingerprint density at radius 2 is 2.07 bits per heavy atom. The molecule has 2 rings (SSSR count). The number of rotatable bonds is 2. The van der Waals surface area contributed by atoms with E-state index >= 15 is 0 Å². The number of piperidine rings is 1. The van der Waals surface area contributed by atoms with Crippen molar-refractivity contribution in [2.24, 2.45) is 0 Å². The molecule has 0 aromatic heterocycles. The molecule has 0 aliphatic carbocycles. The van der Waals surface area contributed by atoms with Gasteiger partial charge < -0.3 is 10.4 Å². The lowest BCUT2D eigenvalue weighted by Gasteiger charge is -2.27. The van der Waals surface area contributed by atoms with E-state index < -0.39 is 6.10 Å². The van der Waals surface area contributed by atoms with Crippen LogP contribution in [0, 0.1) is 0 Å². The fourth-order valence-corrected chi connectivity index (χ4v) is 1.92. The molecule has 80 valence electrons. The zero-order valence-corrected chi connectivity index (χ0v) is 8.52. The quantitative estimate of drug-likeness (QED) is 0.758. The summed E-state index contributed by atoms with van der Waals surface area (Å²) in [5, 5.41) is 13.2. The second kappa shape index (κ2) is 4.55. The van der Waals surface area contributed by atoms with Crippen LogP contribution in [0.15, 0.2) is 30.3 Å². The van der Waals surface area contributed by atoms with Gasteiger partial charge in [-0.3, -0.25) is 4.79 Å². The zero-order valence-electron chi connectivity index (χ0n) is 8.52. The molecule has 1 fully saturated rings. The Kier molecular flexibility index (Phi) is 3.14. The molecule has 0 radical (unpaired) electrons. The van der Waals surface area contributed by atoms with Crippen LogP contribution in [0.4, 0.5) is 0 Å². The minimum absolute atomic E-state index is 0.131. The van der Waals surface area contributed by atoms with Gasteiger partial charge >= 0.3 is 0 Å². The third kappa shape index (κ3) is 2.43. The van der Waals surface area contributed by atoms with Gasteiger partial charge in [0.25, 0.3) is 0 Å². The van der Waals surface area contributed by atoms with Crippen LogP contribution >= 0.6 is 0 Å².